The van der Waals surface area contributed by atoms with Gasteiger partial charge in [-0.15, -0.1) is 0 Å². The number of alkyl halides is 3. The van der Waals surface area contributed by atoms with Gasteiger partial charge in [0.05, 0.1) is 11.1 Å². The Labute approximate surface area is 175 Å². The summed E-state index contributed by atoms with van der Waals surface area (Å²) < 4.78 is 39.6. The van der Waals surface area contributed by atoms with E-state index in [-0.39, 0.29) is 37.6 Å². The number of aromatic amines is 1. The van der Waals surface area contributed by atoms with Crippen LogP contribution >= 0.6 is 11.6 Å². The number of rotatable bonds is 2. The first kappa shape index (κ1) is 20.3. The highest BCUT2D eigenvalue weighted by molar-refractivity contribution is 6.31. The molecule has 0 unspecified atom stereocenters. The molecule has 0 aliphatic carbocycles. The molecule has 30 heavy (non-hydrogen) atoms. The zero-order valence-electron chi connectivity index (χ0n) is 15.7. The molecule has 4 rings (SSSR count). The Morgan fingerprint density at radius 1 is 0.900 bits per heavy atom. The number of piperazine rings is 1. The van der Waals surface area contributed by atoms with Crippen LogP contribution in [0.3, 0.4) is 0 Å². The molecule has 9 heteroatoms. The van der Waals surface area contributed by atoms with E-state index in [1.165, 1.54) is 23.1 Å². The fourth-order valence-electron chi connectivity index (χ4n) is 3.59. The SMILES string of the molecule is O=C(c1cc2cc(Cl)ccc2[nH]1)N1CCN(C(=O)c2ccccc2C(F)(F)F)CC1. The normalized spacial score (nSPS) is 14.9. The summed E-state index contributed by atoms with van der Waals surface area (Å²) in [7, 11) is 0. The van der Waals surface area contributed by atoms with Crippen LogP contribution in [0.4, 0.5) is 13.2 Å². The molecule has 1 fully saturated rings. The maximum Gasteiger partial charge on any atom is 0.417 e. The first-order chi connectivity index (χ1) is 14.2. The highest BCUT2D eigenvalue weighted by Gasteiger charge is 2.36. The monoisotopic (exact) mass is 435 g/mol. The molecule has 0 bridgehead atoms. The minimum Gasteiger partial charge on any atom is -0.351 e. The molecule has 0 atom stereocenters. The van der Waals surface area contributed by atoms with E-state index in [1.54, 1.807) is 29.2 Å². The van der Waals surface area contributed by atoms with Crippen molar-refractivity contribution in [1.29, 1.82) is 0 Å². The van der Waals surface area contributed by atoms with Crippen molar-refractivity contribution in [2.24, 2.45) is 0 Å². The van der Waals surface area contributed by atoms with Crippen molar-refractivity contribution in [2.75, 3.05) is 26.2 Å². The highest BCUT2D eigenvalue weighted by atomic mass is 35.5. The van der Waals surface area contributed by atoms with Gasteiger partial charge in [-0.2, -0.15) is 13.2 Å². The number of nitrogens with zero attached hydrogens (tertiary/aromatic N) is 2. The largest absolute Gasteiger partial charge is 0.417 e. The lowest BCUT2D eigenvalue weighted by atomic mass is 10.1. The van der Waals surface area contributed by atoms with Crippen LogP contribution in [-0.4, -0.2) is 52.8 Å². The van der Waals surface area contributed by atoms with E-state index in [4.69, 9.17) is 11.6 Å². The van der Waals surface area contributed by atoms with Crippen LogP contribution in [0.1, 0.15) is 26.4 Å². The van der Waals surface area contributed by atoms with Crippen molar-refractivity contribution < 1.29 is 22.8 Å². The van der Waals surface area contributed by atoms with Gasteiger partial charge in [-0.05, 0) is 36.4 Å². The van der Waals surface area contributed by atoms with E-state index in [2.05, 4.69) is 4.98 Å². The minimum absolute atomic E-state index is 0.156. The van der Waals surface area contributed by atoms with E-state index < -0.39 is 17.6 Å². The number of fused-ring (bicyclic) bond motifs is 1. The van der Waals surface area contributed by atoms with Crippen molar-refractivity contribution in [3.8, 4) is 0 Å². The quantitative estimate of drug-likeness (QED) is 0.647. The summed E-state index contributed by atoms with van der Waals surface area (Å²) in [5, 5.41) is 1.37. The van der Waals surface area contributed by atoms with E-state index in [9.17, 15) is 22.8 Å². The highest BCUT2D eigenvalue weighted by Crippen LogP contribution is 2.32. The first-order valence-electron chi connectivity index (χ1n) is 9.27. The molecular formula is C21H17ClF3N3O2. The van der Waals surface area contributed by atoms with E-state index in [0.29, 0.717) is 10.7 Å². The Kier molecular flexibility index (Phi) is 5.19. The second kappa shape index (κ2) is 7.68. The second-order valence-electron chi connectivity index (χ2n) is 7.04. The summed E-state index contributed by atoms with van der Waals surface area (Å²) >= 11 is 5.97. The van der Waals surface area contributed by atoms with Crippen molar-refractivity contribution in [3.05, 3.63) is 70.4 Å². The standard InChI is InChI=1S/C21H17ClF3N3O2/c22-14-5-6-17-13(11-14)12-18(26-17)20(30)28-9-7-27(8-10-28)19(29)15-3-1-2-4-16(15)21(23,24)25/h1-6,11-12,26H,7-10H2. The van der Waals surface area contributed by atoms with E-state index in [1.807, 2.05) is 0 Å². The van der Waals surface area contributed by atoms with Gasteiger partial charge in [0.25, 0.3) is 11.8 Å². The van der Waals surface area contributed by atoms with Crippen LogP contribution in [0.5, 0.6) is 0 Å². The smallest absolute Gasteiger partial charge is 0.351 e. The summed E-state index contributed by atoms with van der Waals surface area (Å²) in [6, 6.07) is 11.7. The molecule has 2 amide bonds. The van der Waals surface area contributed by atoms with E-state index >= 15 is 0 Å². The van der Waals surface area contributed by atoms with Gasteiger partial charge in [0.1, 0.15) is 5.69 Å². The molecule has 2 heterocycles. The second-order valence-corrected chi connectivity index (χ2v) is 7.48. The molecule has 1 N–H and O–H groups in total. The fourth-order valence-corrected chi connectivity index (χ4v) is 3.77. The molecule has 1 aliphatic heterocycles. The van der Waals surface area contributed by atoms with Gasteiger partial charge in [0.15, 0.2) is 0 Å². The average Bonchev–Trinajstić information content (AvgIpc) is 3.15. The van der Waals surface area contributed by atoms with Crippen LogP contribution in [0.2, 0.25) is 5.02 Å². The van der Waals surface area contributed by atoms with Gasteiger partial charge in [0.2, 0.25) is 0 Å². The molecule has 1 saturated heterocycles. The van der Waals surface area contributed by atoms with Gasteiger partial charge >= 0.3 is 6.18 Å². The Hall–Kier alpha value is -3.00. The third-order valence-electron chi connectivity index (χ3n) is 5.13. The van der Waals surface area contributed by atoms with Gasteiger partial charge < -0.3 is 14.8 Å². The average molecular weight is 436 g/mol. The maximum atomic E-state index is 13.2. The lowest BCUT2D eigenvalue weighted by molar-refractivity contribution is -0.138. The topological polar surface area (TPSA) is 56.4 Å². The Morgan fingerprint density at radius 3 is 2.20 bits per heavy atom. The molecule has 1 aliphatic rings. The fraction of sp³-hybridized carbons (Fsp3) is 0.238. The number of carbonyl (C=O) groups excluding carboxylic acids is 2. The van der Waals surface area contributed by atoms with Crippen molar-refractivity contribution in [1.82, 2.24) is 14.8 Å². The van der Waals surface area contributed by atoms with Crippen LogP contribution in [-0.2, 0) is 6.18 Å². The molecule has 5 nitrogen and oxygen atoms in total. The van der Waals surface area contributed by atoms with Gasteiger partial charge in [-0.3, -0.25) is 9.59 Å². The van der Waals surface area contributed by atoms with Crippen molar-refractivity contribution >= 4 is 34.3 Å². The number of hydrogen-bond acceptors (Lipinski definition) is 2. The molecular weight excluding hydrogens is 419 g/mol. The maximum absolute atomic E-state index is 13.2. The summed E-state index contributed by atoms with van der Waals surface area (Å²) in [5.74, 6) is -0.916. The number of aromatic nitrogens is 1. The molecule has 1 aromatic heterocycles. The molecule has 0 radical (unpaired) electrons. The number of benzene rings is 2. The minimum atomic E-state index is -4.61. The van der Waals surface area contributed by atoms with Gasteiger partial charge in [0, 0.05) is 42.1 Å². The summed E-state index contributed by atoms with van der Waals surface area (Å²) in [5.41, 5.74) is -0.155. The number of amides is 2. The Balaban J connectivity index is 1.46. The number of H-pyrrole nitrogens is 1. The van der Waals surface area contributed by atoms with E-state index in [0.717, 1.165) is 17.0 Å². The molecule has 2 aromatic carbocycles. The lowest BCUT2D eigenvalue weighted by Crippen LogP contribution is -2.50. The number of hydrogen-bond donors (Lipinski definition) is 1. The number of halogens is 4. The molecule has 0 spiro atoms. The van der Waals surface area contributed by atoms with Crippen LogP contribution in [0.25, 0.3) is 10.9 Å². The zero-order valence-corrected chi connectivity index (χ0v) is 16.4. The summed E-state index contributed by atoms with van der Waals surface area (Å²) in [4.78, 5) is 31.4. The third-order valence-corrected chi connectivity index (χ3v) is 5.37. The van der Waals surface area contributed by atoms with Crippen LogP contribution in [0, 0.1) is 0 Å². The lowest BCUT2D eigenvalue weighted by Gasteiger charge is -2.35. The third kappa shape index (κ3) is 3.87. The van der Waals surface area contributed by atoms with Crippen LogP contribution < -0.4 is 0 Å². The number of nitrogens with one attached hydrogen (secondary N) is 1. The summed E-state index contributed by atoms with van der Waals surface area (Å²) in [6.45, 7) is 0.773. The predicted octanol–water partition coefficient (Wildman–Crippen LogP) is 4.44. The van der Waals surface area contributed by atoms with Crippen LogP contribution in [0.15, 0.2) is 48.5 Å². The van der Waals surface area contributed by atoms with Gasteiger partial charge in [-0.25, -0.2) is 0 Å². The predicted molar refractivity (Wildman–Crippen MR) is 107 cm³/mol. The summed E-state index contributed by atoms with van der Waals surface area (Å²) in [6.07, 6.45) is -4.61. The Bertz CT molecular complexity index is 1120. The van der Waals surface area contributed by atoms with Crippen molar-refractivity contribution in [3.63, 3.8) is 0 Å². The molecule has 156 valence electrons. The number of carbonyl (C=O) groups is 2. The zero-order chi connectivity index (χ0) is 21.5. The first-order valence-corrected chi connectivity index (χ1v) is 9.65. The Morgan fingerprint density at radius 2 is 1.53 bits per heavy atom. The molecule has 0 saturated carbocycles. The van der Waals surface area contributed by atoms with Crippen molar-refractivity contribution in [2.45, 2.75) is 6.18 Å². The molecule has 3 aromatic rings. The van der Waals surface area contributed by atoms with Gasteiger partial charge in [-0.1, -0.05) is 23.7 Å².